The zero-order valence-electron chi connectivity index (χ0n) is 17.7. The van der Waals surface area contributed by atoms with Crippen LogP contribution >= 0.6 is 0 Å². The molecular formula is C24H44Sn. The molecule has 2 radical (unpaired) electrons. The first-order valence-corrected chi connectivity index (χ1v) is 15.0. The summed E-state index contributed by atoms with van der Waals surface area (Å²) in [5, 5.41) is 0. The summed E-state index contributed by atoms with van der Waals surface area (Å²) in [6, 6.07) is 8.48. The van der Waals surface area contributed by atoms with Gasteiger partial charge in [-0.3, -0.25) is 0 Å². The molecule has 0 atom stereocenters. The normalized spacial score (nSPS) is 10.4. The molecule has 1 rings (SSSR count). The molecule has 1 aromatic carbocycles. The first kappa shape index (κ1) is 25.0. The molecule has 1 aromatic rings. The minimum absolute atomic E-state index is 0.0736. The molecule has 0 aliphatic carbocycles. The van der Waals surface area contributed by atoms with Crippen molar-refractivity contribution in [3.8, 4) is 0 Å². The molecule has 0 nitrogen and oxygen atoms in total. The zero-order valence-corrected chi connectivity index (χ0v) is 20.6. The minimum atomic E-state index is 0.0736. The van der Waals surface area contributed by atoms with Gasteiger partial charge in [-0.25, -0.2) is 0 Å². The van der Waals surface area contributed by atoms with E-state index in [0.717, 1.165) is 0 Å². The molecule has 0 amide bonds. The third-order valence-electron chi connectivity index (χ3n) is 4.63. The van der Waals surface area contributed by atoms with Gasteiger partial charge in [0.25, 0.3) is 0 Å². The minimum Gasteiger partial charge on any atom is -0.0591 e. The van der Waals surface area contributed by atoms with Gasteiger partial charge in [-0.1, -0.05) is 35.4 Å². The van der Waals surface area contributed by atoms with E-state index in [1.165, 1.54) is 75.3 Å². The zero-order chi connectivity index (χ0) is 18.6. The van der Waals surface area contributed by atoms with Crippen molar-refractivity contribution in [2.75, 3.05) is 0 Å². The van der Waals surface area contributed by atoms with Crippen molar-refractivity contribution in [1.29, 1.82) is 0 Å². The maximum absolute atomic E-state index is 2.30. The Hall–Kier alpha value is 0.0187. The molecule has 0 aliphatic heterocycles. The summed E-state index contributed by atoms with van der Waals surface area (Å²) in [5.74, 6) is 0. The van der Waals surface area contributed by atoms with E-state index < -0.39 is 0 Å². The van der Waals surface area contributed by atoms with Gasteiger partial charge in [0.05, 0.1) is 0 Å². The fraction of sp³-hybridized carbons (Fsp3) is 0.750. The van der Waals surface area contributed by atoms with E-state index in [-0.39, 0.29) is 21.1 Å². The number of aryl methyl sites for hydroxylation is 2. The van der Waals surface area contributed by atoms with E-state index in [1.807, 2.05) is 0 Å². The molecule has 0 aromatic heterocycles. The molecule has 0 fully saturated rings. The van der Waals surface area contributed by atoms with Gasteiger partial charge in [0.2, 0.25) is 0 Å². The monoisotopic (exact) mass is 452 g/mol. The fourth-order valence-corrected chi connectivity index (χ4v) is 6.39. The summed E-state index contributed by atoms with van der Waals surface area (Å²) < 4.78 is 3.31. The molecule has 0 bridgehead atoms. The number of rotatable bonds is 14. The Morgan fingerprint density at radius 2 is 0.840 bits per heavy atom. The van der Waals surface area contributed by atoms with Gasteiger partial charge in [0, 0.05) is 0 Å². The molecular weight excluding hydrogens is 407 g/mol. The van der Waals surface area contributed by atoms with Crippen molar-refractivity contribution < 1.29 is 0 Å². The second-order valence-electron chi connectivity index (χ2n) is 7.44. The molecule has 0 heterocycles. The average molecular weight is 451 g/mol. The van der Waals surface area contributed by atoms with Crippen molar-refractivity contribution in [2.24, 2.45) is 0 Å². The van der Waals surface area contributed by atoms with Crippen LogP contribution in [0.2, 0.25) is 8.87 Å². The van der Waals surface area contributed by atoms with E-state index in [9.17, 15) is 0 Å². The summed E-state index contributed by atoms with van der Waals surface area (Å²) in [6.45, 7) is 8.79. The largest absolute Gasteiger partial charge is 0.0591 e. The number of unbranched alkanes of at least 4 members (excludes halogenated alkanes) is 10. The standard InChI is InChI=1S/C8H10.2C8H17.Sn/c1-7-3-5-8(2)6-4-7;2*1-3-5-7-8-6-4-2;/h3-6H,1-2H3;2*1,3-8H2,2H3;. The Labute approximate surface area is 169 Å². The molecule has 144 valence electrons. The Kier molecular flexibility index (Phi) is 20.3. The van der Waals surface area contributed by atoms with Crippen LogP contribution in [0.5, 0.6) is 0 Å². The number of hydrogen-bond donors (Lipinski definition) is 0. The number of hydrogen-bond acceptors (Lipinski definition) is 0. The molecule has 25 heavy (non-hydrogen) atoms. The van der Waals surface area contributed by atoms with E-state index in [4.69, 9.17) is 0 Å². The van der Waals surface area contributed by atoms with Gasteiger partial charge in [0.15, 0.2) is 0 Å². The summed E-state index contributed by atoms with van der Waals surface area (Å²) in [7, 11) is 0. The van der Waals surface area contributed by atoms with Crippen LogP contribution in [0.4, 0.5) is 0 Å². The Morgan fingerprint density at radius 1 is 0.520 bits per heavy atom. The topological polar surface area (TPSA) is 0 Å². The van der Waals surface area contributed by atoms with E-state index in [1.54, 1.807) is 21.7 Å². The van der Waals surface area contributed by atoms with Crippen molar-refractivity contribution in [3.63, 3.8) is 0 Å². The SMILES string of the molecule is CCCCCCC[CH2][Sn][CH2]CCCCCCC.Cc1ccc(C)cc1. The van der Waals surface area contributed by atoms with Crippen LogP contribution in [0, 0.1) is 13.8 Å². The average Bonchev–Trinajstić information content (AvgIpc) is 2.62. The maximum Gasteiger partial charge on any atom is -0.0398 e. The Balaban J connectivity index is 0.000000593. The van der Waals surface area contributed by atoms with Gasteiger partial charge < -0.3 is 0 Å². The third-order valence-corrected chi connectivity index (χ3v) is 8.67. The van der Waals surface area contributed by atoms with Gasteiger partial charge in [-0.2, -0.15) is 0 Å². The second kappa shape index (κ2) is 20.3. The quantitative estimate of drug-likeness (QED) is 0.196. The molecule has 1 heteroatoms. The first-order valence-electron chi connectivity index (χ1n) is 10.9. The molecule has 0 N–H and O–H groups in total. The smallest absolute Gasteiger partial charge is 0.0398 e. The van der Waals surface area contributed by atoms with Crippen LogP contribution in [0.25, 0.3) is 0 Å². The van der Waals surface area contributed by atoms with E-state index >= 15 is 0 Å². The molecule has 0 spiro atoms. The van der Waals surface area contributed by atoms with Crippen molar-refractivity contribution in [3.05, 3.63) is 35.4 Å². The van der Waals surface area contributed by atoms with Crippen LogP contribution in [0.3, 0.4) is 0 Å². The van der Waals surface area contributed by atoms with Gasteiger partial charge >= 0.3 is 121 Å². The summed E-state index contributed by atoms with van der Waals surface area (Å²) in [6.07, 6.45) is 17.8. The van der Waals surface area contributed by atoms with Crippen molar-refractivity contribution in [1.82, 2.24) is 0 Å². The Bertz CT molecular complexity index is 320. The van der Waals surface area contributed by atoms with Crippen molar-refractivity contribution in [2.45, 2.75) is 114 Å². The summed E-state index contributed by atoms with van der Waals surface area (Å²) in [5.41, 5.74) is 2.66. The van der Waals surface area contributed by atoms with Crippen LogP contribution in [-0.4, -0.2) is 21.1 Å². The van der Waals surface area contributed by atoms with E-state index in [0.29, 0.717) is 0 Å². The summed E-state index contributed by atoms with van der Waals surface area (Å²) in [4.78, 5) is 0. The van der Waals surface area contributed by atoms with Gasteiger partial charge in [-0.05, 0) is 13.8 Å². The predicted octanol–water partition coefficient (Wildman–Crippen LogP) is 8.55. The Morgan fingerprint density at radius 3 is 1.20 bits per heavy atom. The molecule has 0 saturated carbocycles. The van der Waals surface area contributed by atoms with Crippen LogP contribution in [-0.2, 0) is 0 Å². The fourth-order valence-electron chi connectivity index (χ4n) is 2.82. The molecule has 0 aliphatic rings. The van der Waals surface area contributed by atoms with Crippen molar-refractivity contribution >= 4 is 21.1 Å². The third kappa shape index (κ3) is 20.2. The summed E-state index contributed by atoms with van der Waals surface area (Å²) >= 11 is 0.0736. The molecule has 0 saturated heterocycles. The maximum atomic E-state index is 2.30. The van der Waals surface area contributed by atoms with Gasteiger partial charge in [-0.15, -0.1) is 0 Å². The predicted molar refractivity (Wildman–Crippen MR) is 118 cm³/mol. The molecule has 0 unspecified atom stereocenters. The van der Waals surface area contributed by atoms with Gasteiger partial charge in [0.1, 0.15) is 0 Å². The van der Waals surface area contributed by atoms with E-state index in [2.05, 4.69) is 52.0 Å². The second-order valence-corrected chi connectivity index (χ2v) is 11.7. The number of benzene rings is 1. The van der Waals surface area contributed by atoms with Crippen LogP contribution in [0.15, 0.2) is 24.3 Å². The first-order chi connectivity index (χ1) is 12.2. The van der Waals surface area contributed by atoms with Crippen LogP contribution < -0.4 is 0 Å². The van der Waals surface area contributed by atoms with Crippen LogP contribution in [0.1, 0.15) is 102 Å².